The summed E-state index contributed by atoms with van der Waals surface area (Å²) in [6.45, 7) is 13.8. The molecule has 0 aromatic heterocycles. The molecule has 2 unspecified atom stereocenters. The Morgan fingerprint density at radius 3 is 2.35 bits per heavy atom. The Morgan fingerprint density at radius 2 is 1.69 bits per heavy atom. The number of carbonyl (C=O) groups excluding carboxylic acids is 5. The lowest BCUT2D eigenvalue weighted by Crippen LogP contribution is -2.67. The van der Waals surface area contributed by atoms with Gasteiger partial charge in [-0.05, 0) is 66.5 Å². The van der Waals surface area contributed by atoms with E-state index in [1.54, 1.807) is 36.4 Å². The molecule has 49 heavy (non-hydrogen) atoms. The van der Waals surface area contributed by atoms with Crippen LogP contribution in [0.5, 0.6) is 0 Å². The molecule has 12 heteroatoms. The van der Waals surface area contributed by atoms with E-state index in [2.05, 4.69) is 25.2 Å². The van der Waals surface area contributed by atoms with Crippen molar-refractivity contribution in [1.82, 2.24) is 5.32 Å². The van der Waals surface area contributed by atoms with E-state index in [0.29, 0.717) is 32.3 Å². The van der Waals surface area contributed by atoms with Crippen LogP contribution in [0, 0.1) is 27.6 Å². The van der Waals surface area contributed by atoms with Crippen LogP contribution in [0.1, 0.15) is 87.0 Å². The second kappa shape index (κ2) is 13.9. The fourth-order valence-electron chi connectivity index (χ4n) is 8.92. The van der Waals surface area contributed by atoms with Gasteiger partial charge in [0.05, 0.1) is 30.8 Å². The van der Waals surface area contributed by atoms with E-state index in [1.807, 2.05) is 20.8 Å². The number of esters is 3. The number of hydrogen-bond acceptors (Lipinski definition) is 10. The molecule has 2 saturated heterocycles. The lowest BCUT2D eigenvalue weighted by molar-refractivity contribution is -0.233. The Labute approximate surface area is 302 Å². The summed E-state index contributed by atoms with van der Waals surface area (Å²) in [4.78, 5) is 65.5. The third-order valence-corrected chi connectivity index (χ3v) is 12.0. The average Bonchev–Trinajstić information content (AvgIpc) is 3.77. The van der Waals surface area contributed by atoms with Gasteiger partial charge in [0.2, 0.25) is 5.91 Å². The lowest BCUT2D eigenvalue weighted by Gasteiger charge is -2.58. The summed E-state index contributed by atoms with van der Waals surface area (Å²) in [5.41, 5.74) is -2.42. The number of amides is 1. The van der Waals surface area contributed by atoms with Crippen LogP contribution in [0.25, 0.3) is 0 Å². The zero-order valence-electron chi connectivity index (χ0n) is 29.6. The Hall–Kier alpha value is -2.58. The van der Waals surface area contributed by atoms with E-state index in [9.17, 15) is 24.0 Å². The minimum atomic E-state index is -1.05. The second-order valence-electron chi connectivity index (χ2n) is 16.2. The highest BCUT2D eigenvalue weighted by molar-refractivity contribution is 14.1. The number of allylic oxidation sites excluding steroid dienone is 3. The zero-order valence-corrected chi connectivity index (χ0v) is 31.8. The molecule has 5 aliphatic rings. The molecule has 5 rings (SSSR count). The number of rotatable bonds is 6. The first-order chi connectivity index (χ1) is 22.9. The van der Waals surface area contributed by atoms with Crippen LogP contribution < -0.4 is 5.32 Å². The third kappa shape index (κ3) is 7.28. The summed E-state index contributed by atoms with van der Waals surface area (Å²) in [6, 6.07) is -1.05. The summed E-state index contributed by atoms with van der Waals surface area (Å²) in [5.74, 6) is -2.60. The van der Waals surface area contributed by atoms with Gasteiger partial charge in [0.1, 0.15) is 24.4 Å². The monoisotopic (exact) mass is 795 g/mol. The molecule has 3 aliphatic heterocycles. The smallest absolute Gasteiger partial charge is 0.331 e. The summed E-state index contributed by atoms with van der Waals surface area (Å²) in [7, 11) is 0. The minimum Gasteiger partial charge on any atom is -0.463 e. The van der Waals surface area contributed by atoms with E-state index >= 15 is 0 Å². The molecular formula is C37H50INO10. The predicted molar refractivity (Wildman–Crippen MR) is 187 cm³/mol. The average molecular weight is 796 g/mol. The van der Waals surface area contributed by atoms with Gasteiger partial charge in [-0.3, -0.25) is 9.59 Å². The van der Waals surface area contributed by atoms with E-state index < -0.39 is 69.3 Å². The van der Waals surface area contributed by atoms with Gasteiger partial charge in [0.15, 0.2) is 3.79 Å². The molecule has 2 spiro atoms. The Bertz CT molecular complexity index is 1460. The second-order valence-corrected chi connectivity index (χ2v) is 17.4. The lowest BCUT2D eigenvalue weighted by atomic mass is 9.51. The van der Waals surface area contributed by atoms with Crippen molar-refractivity contribution < 1.29 is 47.7 Å². The van der Waals surface area contributed by atoms with E-state index in [-0.39, 0.29) is 35.4 Å². The van der Waals surface area contributed by atoms with Crippen molar-refractivity contribution in [2.75, 3.05) is 19.8 Å². The number of epoxide rings is 1. The Kier molecular flexibility index (Phi) is 10.7. The summed E-state index contributed by atoms with van der Waals surface area (Å²) in [5, 5.41) is 2.98. The van der Waals surface area contributed by atoms with E-state index in [4.69, 9.17) is 23.7 Å². The van der Waals surface area contributed by atoms with Gasteiger partial charge in [0, 0.05) is 35.8 Å². The molecule has 3 heterocycles. The topological polar surface area (TPSA) is 147 Å². The summed E-state index contributed by atoms with van der Waals surface area (Å²) in [6.07, 6.45) is 8.91. The molecule has 3 fully saturated rings. The SMILES string of the molecule is CC1=CC2O[C@@H]3C[C@H]4OC(=O)/C=C\C=C\C(=O)OCC[C@@H](C)C(NC(=O)C(C)(C)CC(C)(C)CC(=O)I)C(=O)OC[C@@]2(CC1)[C@]4(C)[C@]31CO1. The van der Waals surface area contributed by atoms with Crippen LogP contribution in [0.15, 0.2) is 36.0 Å². The first kappa shape index (κ1) is 37.7. The van der Waals surface area contributed by atoms with Crippen LogP contribution in [-0.2, 0) is 47.7 Å². The van der Waals surface area contributed by atoms with Crippen molar-refractivity contribution in [3.05, 3.63) is 36.0 Å². The highest BCUT2D eigenvalue weighted by Crippen LogP contribution is 2.72. The molecule has 1 N–H and O–H groups in total. The van der Waals surface area contributed by atoms with Crippen molar-refractivity contribution in [2.45, 2.75) is 117 Å². The Balaban J connectivity index is 1.48. The van der Waals surface area contributed by atoms with Crippen molar-refractivity contribution in [1.29, 1.82) is 0 Å². The van der Waals surface area contributed by atoms with Gasteiger partial charge in [-0.1, -0.05) is 65.3 Å². The number of cyclic esters (lactones) is 2. The maximum absolute atomic E-state index is 14.2. The number of ether oxygens (including phenoxy) is 5. The molecule has 0 aromatic carbocycles. The Morgan fingerprint density at radius 1 is 1.02 bits per heavy atom. The highest BCUT2D eigenvalue weighted by atomic mass is 127. The van der Waals surface area contributed by atoms with Gasteiger partial charge < -0.3 is 29.0 Å². The first-order valence-corrected chi connectivity index (χ1v) is 18.3. The van der Waals surface area contributed by atoms with Crippen LogP contribution in [-0.4, -0.2) is 77.4 Å². The molecule has 1 amide bonds. The molecule has 2 bridgehead atoms. The largest absolute Gasteiger partial charge is 0.463 e. The molecule has 2 aliphatic carbocycles. The molecule has 0 radical (unpaired) electrons. The van der Waals surface area contributed by atoms with Crippen LogP contribution in [0.4, 0.5) is 0 Å². The maximum atomic E-state index is 14.2. The van der Waals surface area contributed by atoms with Crippen LogP contribution in [0.3, 0.4) is 0 Å². The predicted octanol–water partition coefficient (Wildman–Crippen LogP) is 5.09. The van der Waals surface area contributed by atoms with E-state index in [1.165, 1.54) is 29.9 Å². The number of halogens is 1. The number of carbonyl (C=O) groups is 5. The van der Waals surface area contributed by atoms with Gasteiger partial charge in [-0.2, -0.15) is 0 Å². The molecular weight excluding hydrogens is 745 g/mol. The molecule has 270 valence electrons. The quantitative estimate of drug-likeness (QED) is 0.0964. The molecule has 11 nitrogen and oxygen atoms in total. The summed E-state index contributed by atoms with van der Waals surface area (Å²) >= 11 is 1.77. The number of hydrogen-bond donors (Lipinski definition) is 1. The number of nitrogens with one attached hydrogen (secondary N) is 1. The van der Waals surface area contributed by atoms with Crippen LogP contribution in [0.2, 0.25) is 0 Å². The fourth-order valence-corrected chi connectivity index (χ4v) is 9.95. The standard InChI is InChI=1S/C37H50INO10/c1-22-12-14-36-20-46-31(43)30(39-32(44)34(5,6)19-33(3,4)18-27(38)40)23(2)13-15-45-28(41)10-8-9-11-29(42)49-24-17-26(48-25(36)16-22)37(21-47-37)35(24,36)7/h8-11,16,23-26,30H,12-15,17-21H2,1-7H3,(H,39,44)/b10-8+,11-9-/t23-,24-,25?,26-,30?,35-,36-,37+/m1/s1. The van der Waals surface area contributed by atoms with Crippen molar-refractivity contribution >= 4 is 50.2 Å². The van der Waals surface area contributed by atoms with E-state index in [0.717, 1.165) is 6.42 Å². The normalized spacial score (nSPS) is 38.1. The van der Waals surface area contributed by atoms with Gasteiger partial charge in [0.25, 0.3) is 0 Å². The first-order valence-electron chi connectivity index (χ1n) is 17.2. The highest BCUT2D eigenvalue weighted by Gasteiger charge is 2.83. The fraction of sp³-hybridized carbons (Fsp3) is 0.703. The van der Waals surface area contributed by atoms with Gasteiger partial charge in [-0.15, -0.1) is 0 Å². The van der Waals surface area contributed by atoms with Gasteiger partial charge in [-0.25, -0.2) is 14.4 Å². The van der Waals surface area contributed by atoms with Crippen molar-refractivity contribution in [3.8, 4) is 0 Å². The molecule has 8 atom stereocenters. The van der Waals surface area contributed by atoms with Crippen LogP contribution >= 0.6 is 22.6 Å². The maximum Gasteiger partial charge on any atom is 0.331 e. The minimum absolute atomic E-state index is 0.00510. The summed E-state index contributed by atoms with van der Waals surface area (Å²) < 4.78 is 30.7. The van der Waals surface area contributed by atoms with Crippen molar-refractivity contribution in [2.24, 2.45) is 27.6 Å². The molecule has 1 saturated carbocycles. The molecule has 0 aromatic rings. The van der Waals surface area contributed by atoms with Crippen molar-refractivity contribution in [3.63, 3.8) is 0 Å². The third-order valence-electron chi connectivity index (χ3n) is 11.6. The zero-order chi connectivity index (χ0) is 36.0. The van der Waals surface area contributed by atoms with Gasteiger partial charge >= 0.3 is 17.9 Å².